The molecule has 0 aliphatic heterocycles. The molecule has 5 heteroatoms. The molecule has 2 aromatic rings. The van der Waals surface area contributed by atoms with Gasteiger partial charge in [-0.2, -0.15) is 0 Å². The summed E-state index contributed by atoms with van der Waals surface area (Å²) >= 11 is 0. The first kappa shape index (κ1) is 13.9. The monoisotopic (exact) mass is 273 g/mol. The van der Waals surface area contributed by atoms with Gasteiger partial charge in [-0.25, -0.2) is 4.79 Å². The number of esters is 1. The summed E-state index contributed by atoms with van der Waals surface area (Å²) in [5, 5.41) is 2.61. The van der Waals surface area contributed by atoms with E-state index in [1.807, 2.05) is 30.3 Å². The Balaban J connectivity index is 2.08. The molecular formula is C15H15NO4. The van der Waals surface area contributed by atoms with Crippen LogP contribution in [0.2, 0.25) is 0 Å². The zero-order chi connectivity index (χ0) is 14.4. The van der Waals surface area contributed by atoms with E-state index < -0.39 is 17.9 Å². The van der Waals surface area contributed by atoms with Crippen molar-refractivity contribution in [3.05, 3.63) is 60.1 Å². The van der Waals surface area contributed by atoms with Gasteiger partial charge in [-0.15, -0.1) is 0 Å². The molecule has 0 aliphatic rings. The Labute approximate surface area is 116 Å². The molecule has 1 unspecified atom stereocenters. The van der Waals surface area contributed by atoms with Gasteiger partial charge in [0, 0.05) is 6.42 Å². The Bertz CT molecular complexity index is 563. The molecule has 2 rings (SSSR count). The molecule has 1 N–H and O–H groups in total. The van der Waals surface area contributed by atoms with Crippen LogP contribution >= 0.6 is 0 Å². The molecule has 0 saturated carbocycles. The van der Waals surface area contributed by atoms with E-state index in [-0.39, 0.29) is 5.76 Å². The molecule has 1 aromatic carbocycles. The van der Waals surface area contributed by atoms with Crippen LogP contribution in [0.1, 0.15) is 16.1 Å². The fourth-order valence-corrected chi connectivity index (χ4v) is 1.82. The van der Waals surface area contributed by atoms with Gasteiger partial charge < -0.3 is 14.5 Å². The third-order valence-electron chi connectivity index (χ3n) is 2.82. The number of hydrogen-bond acceptors (Lipinski definition) is 4. The third-order valence-corrected chi connectivity index (χ3v) is 2.82. The van der Waals surface area contributed by atoms with Crippen molar-refractivity contribution in [2.75, 3.05) is 7.11 Å². The first-order valence-electron chi connectivity index (χ1n) is 6.17. The largest absolute Gasteiger partial charge is 0.467 e. The van der Waals surface area contributed by atoms with E-state index in [2.05, 4.69) is 5.32 Å². The molecule has 0 fully saturated rings. The lowest BCUT2D eigenvalue weighted by Crippen LogP contribution is -2.42. The van der Waals surface area contributed by atoms with Crippen molar-refractivity contribution in [1.29, 1.82) is 0 Å². The Hall–Kier alpha value is -2.56. The first-order valence-corrected chi connectivity index (χ1v) is 6.17. The van der Waals surface area contributed by atoms with Crippen LogP contribution in [0.3, 0.4) is 0 Å². The number of methoxy groups -OCH3 is 1. The van der Waals surface area contributed by atoms with Crippen LogP contribution < -0.4 is 5.32 Å². The summed E-state index contributed by atoms with van der Waals surface area (Å²) in [5.41, 5.74) is 0.933. The average molecular weight is 273 g/mol. The van der Waals surface area contributed by atoms with Gasteiger partial charge in [0.25, 0.3) is 5.91 Å². The summed E-state index contributed by atoms with van der Waals surface area (Å²) < 4.78 is 9.71. The van der Waals surface area contributed by atoms with Crippen LogP contribution in [0, 0.1) is 0 Å². The first-order chi connectivity index (χ1) is 9.70. The van der Waals surface area contributed by atoms with Gasteiger partial charge in [-0.05, 0) is 17.7 Å². The molecule has 0 aliphatic carbocycles. The van der Waals surface area contributed by atoms with E-state index in [9.17, 15) is 9.59 Å². The number of amides is 1. The molecule has 0 saturated heterocycles. The number of ether oxygens (including phenoxy) is 1. The minimum atomic E-state index is -0.750. The molecule has 0 bridgehead atoms. The lowest BCUT2D eigenvalue weighted by Gasteiger charge is -2.15. The lowest BCUT2D eigenvalue weighted by atomic mass is 10.1. The normalized spacial score (nSPS) is 11.7. The summed E-state index contributed by atoms with van der Waals surface area (Å²) in [7, 11) is 1.29. The minimum absolute atomic E-state index is 0.159. The highest BCUT2D eigenvalue weighted by molar-refractivity contribution is 5.94. The van der Waals surface area contributed by atoms with Gasteiger partial charge in [0.05, 0.1) is 13.4 Å². The summed E-state index contributed by atoms with van der Waals surface area (Å²) in [6, 6.07) is 11.8. The molecular weight excluding hydrogens is 258 g/mol. The molecule has 1 heterocycles. The highest BCUT2D eigenvalue weighted by Gasteiger charge is 2.23. The maximum atomic E-state index is 11.9. The Kier molecular flexibility index (Phi) is 4.55. The van der Waals surface area contributed by atoms with E-state index in [0.29, 0.717) is 6.42 Å². The van der Waals surface area contributed by atoms with Gasteiger partial charge in [0.2, 0.25) is 0 Å². The smallest absolute Gasteiger partial charge is 0.328 e. The fraction of sp³-hybridized carbons (Fsp3) is 0.200. The van der Waals surface area contributed by atoms with Crippen molar-refractivity contribution in [2.24, 2.45) is 0 Å². The number of benzene rings is 1. The number of rotatable bonds is 5. The second-order valence-electron chi connectivity index (χ2n) is 4.22. The molecule has 1 amide bonds. The quantitative estimate of drug-likeness (QED) is 0.843. The molecule has 5 nitrogen and oxygen atoms in total. The summed E-state index contributed by atoms with van der Waals surface area (Å²) in [5.74, 6) is -0.776. The van der Waals surface area contributed by atoms with Crippen LogP contribution in [0.5, 0.6) is 0 Å². The van der Waals surface area contributed by atoms with E-state index in [1.54, 1.807) is 6.07 Å². The van der Waals surface area contributed by atoms with Gasteiger partial charge >= 0.3 is 5.97 Å². The van der Waals surface area contributed by atoms with Crippen LogP contribution in [0.25, 0.3) is 0 Å². The predicted octanol–water partition coefficient (Wildman–Crippen LogP) is 1.79. The highest BCUT2D eigenvalue weighted by Crippen LogP contribution is 2.06. The Morgan fingerprint density at radius 3 is 2.55 bits per heavy atom. The highest BCUT2D eigenvalue weighted by atomic mass is 16.5. The zero-order valence-electron chi connectivity index (χ0n) is 11.0. The number of hydrogen-bond donors (Lipinski definition) is 1. The number of nitrogens with one attached hydrogen (secondary N) is 1. The van der Waals surface area contributed by atoms with E-state index in [1.165, 1.54) is 19.4 Å². The Morgan fingerprint density at radius 1 is 1.20 bits per heavy atom. The van der Waals surface area contributed by atoms with Crippen molar-refractivity contribution in [1.82, 2.24) is 5.32 Å². The standard InChI is InChI=1S/C15H15NO4/c1-19-15(18)12(10-11-6-3-2-4-7-11)16-14(17)13-8-5-9-20-13/h2-9,12H,10H2,1H3,(H,16,17). The maximum absolute atomic E-state index is 11.9. The second kappa shape index (κ2) is 6.56. The lowest BCUT2D eigenvalue weighted by molar-refractivity contribution is -0.142. The van der Waals surface area contributed by atoms with Crippen LogP contribution in [-0.2, 0) is 16.0 Å². The van der Waals surface area contributed by atoms with Crippen molar-refractivity contribution >= 4 is 11.9 Å². The minimum Gasteiger partial charge on any atom is -0.467 e. The molecule has 0 radical (unpaired) electrons. The molecule has 0 spiro atoms. The molecule has 20 heavy (non-hydrogen) atoms. The van der Waals surface area contributed by atoms with E-state index in [0.717, 1.165) is 5.56 Å². The topological polar surface area (TPSA) is 68.5 Å². The summed E-state index contributed by atoms with van der Waals surface area (Å²) in [6.45, 7) is 0. The molecule has 1 atom stereocenters. The van der Waals surface area contributed by atoms with Crippen LogP contribution in [0.4, 0.5) is 0 Å². The van der Waals surface area contributed by atoms with Gasteiger partial charge in [0.1, 0.15) is 6.04 Å². The van der Waals surface area contributed by atoms with Gasteiger partial charge in [-0.1, -0.05) is 30.3 Å². The van der Waals surface area contributed by atoms with Crippen molar-refractivity contribution < 1.29 is 18.7 Å². The average Bonchev–Trinajstić information content (AvgIpc) is 3.01. The third kappa shape index (κ3) is 3.47. The SMILES string of the molecule is COC(=O)C(Cc1ccccc1)NC(=O)c1ccco1. The van der Waals surface area contributed by atoms with Crippen molar-refractivity contribution in [3.63, 3.8) is 0 Å². The molecule has 1 aromatic heterocycles. The Morgan fingerprint density at radius 2 is 1.95 bits per heavy atom. The molecule has 104 valence electrons. The predicted molar refractivity (Wildman–Crippen MR) is 72.1 cm³/mol. The second-order valence-corrected chi connectivity index (χ2v) is 4.22. The summed E-state index contributed by atoms with van der Waals surface area (Å²) in [6.07, 6.45) is 1.76. The number of carbonyl (C=O) groups is 2. The van der Waals surface area contributed by atoms with Gasteiger partial charge in [0.15, 0.2) is 5.76 Å². The van der Waals surface area contributed by atoms with E-state index >= 15 is 0 Å². The maximum Gasteiger partial charge on any atom is 0.328 e. The summed E-state index contributed by atoms with van der Waals surface area (Å²) in [4.78, 5) is 23.7. The zero-order valence-corrected chi connectivity index (χ0v) is 11.0. The van der Waals surface area contributed by atoms with Crippen molar-refractivity contribution in [3.8, 4) is 0 Å². The van der Waals surface area contributed by atoms with Gasteiger partial charge in [-0.3, -0.25) is 4.79 Å². The van der Waals surface area contributed by atoms with Crippen LogP contribution in [-0.4, -0.2) is 25.0 Å². The van der Waals surface area contributed by atoms with E-state index in [4.69, 9.17) is 9.15 Å². The van der Waals surface area contributed by atoms with Crippen molar-refractivity contribution in [2.45, 2.75) is 12.5 Å². The fourth-order valence-electron chi connectivity index (χ4n) is 1.82. The number of carbonyl (C=O) groups excluding carboxylic acids is 2. The number of furan rings is 1. The van der Waals surface area contributed by atoms with Crippen LogP contribution in [0.15, 0.2) is 53.1 Å².